The third-order valence-corrected chi connectivity index (χ3v) is 5.01. The highest BCUT2D eigenvalue weighted by molar-refractivity contribution is 8.06. The smallest absolute Gasteiger partial charge is 0.191 e. The molecule has 0 fully saturated rings. The molecule has 0 unspecified atom stereocenters. The largest absolute Gasteiger partial charge is 0.339 e. The van der Waals surface area contributed by atoms with Gasteiger partial charge in [0.1, 0.15) is 5.82 Å². The molecule has 2 rings (SSSR count). The molecule has 118 valence electrons. The van der Waals surface area contributed by atoms with E-state index in [2.05, 4.69) is 11.8 Å². The quantitative estimate of drug-likeness (QED) is 0.514. The monoisotopic (exact) mass is 339 g/mol. The van der Waals surface area contributed by atoms with Crippen LogP contribution in [0.25, 0.3) is 0 Å². The second kappa shape index (κ2) is 7.34. The summed E-state index contributed by atoms with van der Waals surface area (Å²) >= 11 is 7.41. The summed E-state index contributed by atoms with van der Waals surface area (Å²) in [4.78, 5) is 15.7. The first-order valence-corrected chi connectivity index (χ1v) is 8.47. The van der Waals surface area contributed by atoms with E-state index < -0.39 is 5.82 Å². The fourth-order valence-electron chi connectivity index (χ4n) is 2.22. The molecule has 2 nitrogen and oxygen atoms in total. The summed E-state index contributed by atoms with van der Waals surface area (Å²) in [6.07, 6.45) is 3.63. The minimum Gasteiger partial charge on any atom is -0.339 e. The number of unbranched alkanes of at least 4 members (excludes halogenated alkanes) is 1. The number of benzene rings is 1. The van der Waals surface area contributed by atoms with Gasteiger partial charge in [0.15, 0.2) is 5.78 Å². The van der Waals surface area contributed by atoms with E-state index in [-0.39, 0.29) is 11.3 Å². The standard InChI is InChI=1S/C17H19ClFNOS/c1-4-5-8-20-11(2)12(3)22-17(20)10-16(21)14-9-13(18)6-7-15(14)19/h6-7,9-10H,4-5,8H2,1-3H3/b17-10-. The SMILES string of the molecule is CCCCN1C(C)=C(C)S/C1=C\C(=O)c1cc(Cl)ccc1F. The molecule has 0 spiro atoms. The Balaban J connectivity index is 2.27. The van der Waals surface area contributed by atoms with Crippen molar-refractivity contribution in [3.05, 3.63) is 56.3 Å². The Kier molecular flexibility index (Phi) is 5.70. The van der Waals surface area contributed by atoms with Crippen molar-refractivity contribution in [1.82, 2.24) is 4.90 Å². The van der Waals surface area contributed by atoms with E-state index in [1.54, 1.807) is 11.8 Å². The van der Waals surface area contributed by atoms with Gasteiger partial charge >= 0.3 is 0 Å². The lowest BCUT2D eigenvalue weighted by Crippen LogP contribution is -2.18. The number of rotatable bonds is 5. The summed E-state index contributed by atoms with van der Waals surface area (Å²) in [7, 11) is 0. The number of carbonyl (C=O) groups excluding carboxylic acids is 1. The second-order valence-electron chi connectivity index (χ2n) is 5.22. The molecule has 0 amide bonds. The number of halogens is 2. The molecule has 1 aliphatic heterocycles. The summed E-state index contributed by atoms with van der Waals surface area (Å²) in [5, 5.41) is 1.21. The van der Waals surface area contributed by atoms with Crippen molar-refractivity contribution in [2.24, 2.45) is 0 Å². The van der Waals surface area contributed by atoms with Crippen LogP contribution in [0.15, 0.2) is 39.9 Å². The van der Waals surface area contributed by atoms with Gasteiger partial charge in [-0.25, -0.2) is 4.39 Å². The van der Waals surface area contributed by atoms with Crippen LogP contribution in [0.1, 0.15) is 44.0 Å². The highest BCUT2D eigenvalue weighted by Gasteiger charge is 2.23. The normalized spacial score (nSPS) is 16.8. The number of thioether (sulfide) groups is 1. The van der Waals surface area contributed by atoms with Crippen LogP contribution in [0.5, 0.6) is 0 Å². The predicted molar refractivity (Wildman–Crippen MR) is 91.4 cm³/mol. The molecular formula is C17H19ClFNOS. The van der Waals surface area contributed by atoms with Crippen LogP contribution in [0.2, 0.25) is 5.02 Å². The molecule has 0 N–H and O–H groups in total. The zero-order valence-electron chi connectivity index (χ0n) is 13.0. The molecule has 1 aromatic carbocycles. The lowest BCUT2D eigenvalue weighted by atomic mass is 10.1. The Morgan fingerprint density at radius 1 is 1.41 bits per heavy atom. The molecule has 0 saturated heterocycles. The molecule has 1 heterocycles. The molecule has 0 bridgehead atoms. The maximum Gasteiger partial charge on any atom is 0.191 e. The summed E-state index contributed by atoms with van der Waals surface area (Å²) in [6.45, 7) is 7.07. The number of ketones is 1. The average Bonchev–Trinajstić information content (AvgIpc) is 2.74. The molecule has 0 atom stereocenters. The Bertz CT molecular complexity index is 654. The fraction of sp³-hybridized carbons (Fsp3) is 0.353. The molecule has 5 heteroatoms. The fourth-order valence-corrected chi connectivity index (χ4v) is 3.47. The Hall–Kier alpha value is -1.26. The molecule has 1 aromatic rings. The third kappa shape index (κ3) is 3.73. The third-order valence-electron chi connectivity index (χ3n) is 3.62. The van der Waals surface area contributed by atoms with Crippen LogP contribution in [-0.2, 0) is 0 Å². The molecule has 0 saturated carbocycles. The maximum atomic E-state index is 13.8. The van der Waals surface area contributed by atoms with Crippen LogP contribution in [-0.4, -0.2) is 17.2 Å². The van der Waals surface area contributed by atoms with Crippen LogP contribution in [0.4, 0.5) is 4.39 Å². The summed E-state index contributed by atoms with van der Waals surface area (Å²) in [5.41, 5.74) is 1.17. The van der Waals surface area contributed by atoms with Crippen molar-refractivity contribution in [3.63, 3.8) is 0 Å². The average molecular weight is 340 g/mol. The van der Waals surface area contributed by atoms with E-state index in [9.17, 15) is 9.18 Å². The van der Waals surface area contributed by atoms with E-state index in [1.165, 1.54) is 29.2 Å². The van der Waals surface area contributed by atoms with Gasteiger partial charge in [0.05, 0.1) is 10.6 Å². The highest BCUT2D eigenvalue weighted by Crippen LogP contribution is 2.40. The topological polar surface area (TPSA) is 20.3 Å². The van der Waals surface area contributed by atoms with E-state index >= 15 is 0 Å². The Labute approximate surface area is 140 Å². The van der Waals surface area contributed by atoms with Crippen LogP contribution < -0.4 is 0 Å². The van der Waals surface area contributed by atoms with Gasteiger partial charge in [0.25, 0.3) is 0 Å². The van der Waals surface area contributed by atoms with Gasteiger partial charge in [-0.05, 0) is 38.5 Å². The van der Waals surface area contributed by atoms with Crippen molar-refractivity contribution < 1.29 is 9.18 Å². The van der Waals surface area contributed by atoms with E-state index in [4.69, 9.17) is 11.6 Å². The summed E-state index contributed by atoms with van der Waals surface area (Å²) < 4.78 is 13.8. The van der Waals surface area contributed by atoms with Gasteiger partial charge in [-0.1, -0.05) is 36.7 Å². The van der Waals surface area contributed by atoms with Crippen molar-refractivity contribution in [2.45, 2.75) is 33.6 Å². The Morgan fingerprint density at radius 3 is 2.82 bits per heavy atom. The van der Waals surface area contributed by atoms with Crippen molar-refractivity contribution in [1.29, 1.82) is 0 Å². The lowest BCUT2D eigenvalue weighted by molar-refractivity contribution is 0.104. The zero-order valence-corrected chi connectivity index (χ0v) is 14.5. The van der Waals surface area contributed by atoms with Gasteiger partial charge < -0.3 is 4.90 Å². The van der Waals surface area contributed by atoms with Gasteiger partial charge in [-0.3, -0.25) is 4.79 Å². The number of hydrogen-bond acceptors (Lipinski definition) is 3. The van der Waals surface area contributed by atoms with Gasteiger partial charge in [0.2, 0.25) is 0 Å². The van der Waals surface area contributed by atoms with E-state index in [0.717, 1.165) is 30.1 Å². The summed E-state index contributed by atoms with van der Waals surface area (Å²) in [5.74, 6) is -0.901. The van der Waals surface area contributed by atoms with E-state index in [0.29, 0.717) is 5.02 Å². The summed E-state index contributed by atoms with van der Waals surface area (Å²) in [6, 6.07) is 4.04. The maximum absolute atomic E-state index is 13.8. The predicted octanol–water partition coefficient (Wildman–Crippen LogP) is 5.60. The first-order valence-electron chi connectivity index (χ1n) is 7.28. The molecule has 1 aliphatic rings. The first-order chi connectivity index (χ1) is 10.4. The van der Waals surface area contributed by atoms with Gasteiger partial charge in [-0.15, -0.1) is 0 Å². The first kappa shape index (κ1) is 17.1. The number of allylic oxidation sites excluding steroid dienone is 3. The minimum absolute atomic E-state index is 0.0123. The van der Waals surface area contributed by atoms with E-state index in [1.807, 2.05) is 13.8 Å². The van der Waals surface area contributed by atoms with Crippen LogP contribution in [0.3, 0.4) is 0 Å². The molecule has 22 heavy (non-hydrogen) atoms. The molecule has 0 aliphatic carbocycles. The van der Waals surface area contributed by atoms with Crippen molar-refractivity contribution in [2.75, 3.05) is 6.54 Å². The van der Waals surface area contributed by atoms with Crippen molar-refractivity contribution >= 4 is 29.1 Å². The number of carbonyl (C=O) groups is 1. The zero-order chi connectivity index (χ0) is 16.3. The van der Waals surface area contributed by atoms with Gasteiger partial charge in [0, 0.05) is 28.2 Å². The number of nitrogens with zero attached hydrogens (tertiary/aromatic N) is 1. The highest BCUT2D eigenvalue weighted by atomic mass is 35.5. The Morgan fingerprint density at radius 2 is 2.14 bits per heavy atom. The van der Waals surface area contributed by atoms with Crippen LogP contribution >= 0.6 is 23.4 Å². The van der Waals surface area contributed by atoms with Crippen molar-refractivity contribution in [3.8, 4) is 0 Å². The molecule has 0 aromatic heterocycles. The number of hydrogen-bond donors (Lipinski definition) is 0. The minimum atomic E-state index is -0.546. The van der Waals surface area contributed by atoms with Gasteiger partial charge in [-0.2, -0.15) is 0 Å². The second-order valence-corrected chi connectivity index (χ2v) is 6.89. The molecular weight excluding hydrogens is 321 g/mol. The molecule has 0 radical (unpaired) electrons. The lowest BCUT2D eigenvalue weighted by Gasteiger charge is -2.21. The van der Waals surface area contributed by atoms with Crippen LogP contribution in [0, 0.1) is 5.82 Å².